The summed E-state index contributed by atoms with van der Waals surface area (Å²) in [6.07, 6.45) is -1.32. The molecule has 170 valence electrons. The zero-order chi connectivity index (χ0) is 23.9. The van der Waals surface area contributed by atoms with Crippen LogP contribution in [0.1, 0.15) is 44.2 Å². The lowest BCUT2D eigenvalue weighted by atomic mass is 10.0. The molecule has 6 nitrogen and oxygen atoms in total. The van der Waals surface area contributed by atoms with E-state index >= 15 is 0 Å². The van der Waals surface area contributed by atoms with Crippen LogP contribution in [0.5, 0.6) is 5.75 Å². The zero-order valence-corrected chi connectivity index (χ0v) is 18.2. The highest BCUT2D eigenvalue weighted by Crippen LogP contribution is 2.35. The molecule has 1 atom stereocenters. The Hall–Kier alpha value is -3.66. The Labute approximate surface area is 190 Å². The largest absolute Gasteiger partial charge is 0.486 e. The number of nitrogens with zero attached hydrogens (tertiary/aromatic N) is 1. The Morgan fingerprint density at radius 1 is 1.09 bits per heavy atom. The van der Waals surface area contributed by atoms with Crippen molar-refractivity contribution in [1.82, 2.24) is 0 Å². The van der Waals surface area contributed by atoms with Gasteiger partial charge in [-0.3, -0.25) is 9.59 Å². The van der Waals surface area contributed by atoms with Crippen molar-refractivity contribution >= 4 is 34.8 Å². The third-order valence-corrected chi connectivity index (χ3v) is 6.13. The molecule has 0 N–H and O–H groups in total. The summed E-state index contributed by atoms with van der Waals surface area (Å²) >= 11 is 0.953. The van der Waals surface area contributed by atoms with Gasteiger partial charge >= 0.3 is 5.97 Å². The molecule has 0 aliphatic carbocycles. The number of thiophene rings is 1. The second-order valence-corrected chi connectivity index (χ2v) is 8.06. The molecule has 0 radical (unpaired) electrons. The predicted molar refractivity (Wildman–Crippen MR) is 113 cm³/mol. The number of carbonyl (C=O) groups is 3. The van der Waals surface area contributed by atoms with Crippen LogP contribution in [-0.2, 0) is 16.0 Å². The van der Waals surface area contributed by atoms with E-state index in [2.05, 4.69) is 4.74 Å². The fourth-order valence-corrected chi connectivity index (χ4v) is 4.59. The summed E-state index contributed by atoms with van der Waals surface area (Å²) in [5.41, 5.74) is -0.405. The Bertz CT molecular complexity index is 1270. The van der Waals surface area contributed by atoms with Gasteiger partial charge in [0.25, 0.3) is 5.91 Å². The first-order valence-corrected chi connectivity index (χ1v) is 10.6. The first-order valence-electron chi connectivity index (χ1n) is 9.69. The van der Waals surface area contributed by atoms with Crippen LogP contribution in [0.15, 0.2) is 41.8 Å². The summed E-state index contributed by atoms with van der Waals surface area (Å²) in [6, 6.07) is 6.65. The lowest BCUT2D eigenvalue weighted by molar-refractivity contribution is -0.117. The molecule has 1 aromatic heterocycles. The monoisotopic (exact) mass is 475 g/mol. The van der Waals surface area contributed by atoms with Crippen molar-refractivity contribution in [3.05, 3.63) is 80.8 Å². The number of halogens is 3. The van der Waals surface area contributed by atoms with Gasteiger partial charge in [-0.05, 0) is 42.1 Å². The summed E-state index contributed by atoms with van der Waals surface area (Å²) < 4.78 is 53.1. The lowest BCUT2D eigenvalue weighted by Gasteiger charge is -2.26. The number of hydrogen-bond donors (Lipinski definition) is 0. The second kappa shape index (κ2) is 8.70. The van der Waals surface area contributed by atoms with Crippen molar-refractivity contribution in [1.29, 1.82) is 0 Å². The SMILES string of the molecule is COC(=O)c1scc2c1C(=O)N(c1cc(OC(C)c3c(F)cccc3F)ccc1F)C(=O)C2. The maximum Gasteiger partial charge on any atom is 0.348 e. The maximum absolute atomic E-state index is 14.7. The maximum atomic E-state index is 14.7. The zero-order valence-electron chi connectivity index (χ0n) is 17.4. The summed E-state index contributed by atoms with van der Waals surface area (Å²) in [7, 11) is 1.16. The van der Waals surface area contributed by atoms with Gasteiger partial charge in [0, 0.05) is 6.07 Å². The van der Waals surface area contributed by atoms with Crippen LogP contribution in [0.4, 0.5) is 18.9 Å². The number of amides is 2. The van der Waals surface area contributed by atoms with Crippen LogP contribution < -0.4 is 9.64 Å². The molecule has 2 amide bonds. The normalized spacial score (nSPS) is 14.2. The Morgan fingerprint density at radius 2 is 1.79 bits per heavy atom. The van der Waals surface area contributed by atoms with E-state index in [0.717, 1.165) is 42.7 Å². The fraction of sp³-hybridized carbons (Fsp3) is 0.174. The van der Waals surface area contributed by atoms with Gasteiger partial charge in [-0.1, -0.05) is 6.07 Å². The van der Waals surface area contributed by atoms with Gasteiger partial charge in [-0.2, -0.15) is 0 Å². The Morgan fingerprint density at radius 3 is 2.45 bits per heavy atom. The van der Waals surface area contributed by atoms with E-state index in [-0.39, 0.29) is 28.2 Å². The number of fused-ring (bicyclic) bond motifs is 1. The number of esters is 1. The lowest BCUT2D eigenvalue weighted by Crippen LogP contribution is -2.43. The van der Waals surface area contributed by atoms with Crippen molar-refractivity contribution in [3.63, 3.8) is 0 Å². The molecule has 10 heteroatoms. The molecule has 1 aliphatic heterocycles. The minimum atomic E-state index is -1.09. The van der Waals surface area contributed by atoms with Crippen molar-refractivity contribution in [3.8, 4) is 5.75 Å². The van der Waals surface area contributed by atoms with Gasteiger partial charge in [-0.15, -0.1) is 11.3 Å². The van der Waals surface area contributed by atoms with E-state index in [1.165, 1.54) is 24.4 Å². The van der Waals surface area contributed by atoms with Gasteiger partial charge in [0.2, 0.25) is 5.91 Å². The number of anilines is 1. The van der Waals surface area contributed by atoms with Gasteiger partial charge in [0.15, 0.2) is 0 Å². The summed E-state index contributed by atoms with van der Waals surface area (Å²) in [6.45, 7) is 1.40. The molecule has 3 aromatic rings. The van der Waals surface area contributed by atoms with Crippen molar-refractivity contribution in [2.24, 2.45) is 0 Å². The molecule has 0 spiro atoms. The van der Waals surface area contributed by atoms with Crippen LogP contribution in [0.3, 0.4) is 0 Å². The molecule has 1 aliphatic rings. The van der Waals surface area contributed by atoms with Gasteiger partial charge in [0.05, 0.1) is 30.3 Å². The van der Waals surface area contributed by atoms with E-state index in [9.17, 15) is 27.6 Å². The smallest absolute Gasteiger partial charge is 0.348 e. The van der Waals surface area contributed by atoms with E-state index < -0.39 is 47.0 Å². The highest BCUT2D eigenvalue weighted by molar-refractivity contribution is 7.12. The molecule has 2 aromatic carbocycles. The average Bonchev–Trinajstić information content (AvgIpc) is 3.19. The number of rotatable bonds is 5. The molecule has 4 rings (SSSR count). The number of imide groups is 1. The van der Waals surface area contributed by atoms with Crippen LogP contribution >= 0.6 is 11.3 Å². The van der Waals surface area contributed by atoms with Crippen LogP contribution in [0.2, 0.25) is 0 Å². The highest BCUT2D eigenvalue weighted by Gasteiger charge is 2.38. The molecule has 33 heavy (non-hydrogen) atoms. The van der Waals surface area contributed by atoms with Crippen molar-refractivity contribution in [2.75, 3.05) is 12.0 Å². The van der Waals surface area contributed by atoms with Crippen molar-refractivity contribution < 1.29 is 37.0 Å². The minimum Gasteiger partial charge on any atom is -0.486 e. The summed E-state index contributed by atoms with van der Waals surface area (Å²) in [5.74, 6) is -4.88. The number of carbonyl (C=O) groups excluding carboxylic acids is 3. The minimum absolute atomic E-state index is 0.00598. The standard InChI is InChI=1S/C23H16F3NO5S/c1-11(19-15(25)4-3-5-16(19)26)32-13-6-7-14(24)17(9-13)27-18(28)8-12-10-33-21(23(30)31-2)20(12)22(27)29/h3-7,9-11H,8H2,1-2H3. The summed E-state index contributed by atoms with van der Waals surface area (Å²) in [5, 5.41) is 1.51. The van der Waals surface area contributed by atoms with Crippen LogP contribution in [0.25, 0.3) is 0 Å². The van der Waals surface area contributed by atoms with Crippen molar-refractivity contribution in [2.45, 2.75) is 19.4 Å². The van der Waals surface area contributed by atoms with Crippen LogP contribution in [-0.4, -0.2) is 24.9 Å². The first-order chi connectivity index (χ1) is 15.7. The Balaban J connectivity index is 1.70. The number of methoxy groups -OCH3 is 1. The van der Waals surface area contributed by atoms with E-state index in [1.807, 2.05) is 0 Å². The molecular weight excluding hydrogens is 459 g/mol. The number of benzene rings is 2. The molecule has 0 bridgehead atoms. The van der Waals surface area contributed by atoms with E-state index in [1.54, 1.807) is 0 Å². The molecule has 0 saturated carbocycles. The van der Waals surface area contributed by atoms with Gasteiger partial charge in [-0.25, -0.2) is 22.9 Å². The molecule has 0 fully saturated rings. The second-order valence-electron chi connectivity index (χ2n) is 7.18. The highest BCUT2D eigenvalue weighted by atomic mass is 32.1. The Kier molecular flexibility index (Phi) is 5.94. The molecular formula is C23H16F3NO5S. The third kappa shape index (κ3) is 3.97. The van der Waals surface area contributed by atoms with Gasteiger partial charge < -0.3 is 9.47 Å². The van der Waals surface area contributed by atoms with Gasteiger partial charge in [0.1, 0.15) is 34.2 Å². The molecule has 1 unspecified atom stereocenters. The van der Waals surface area contributed by atoms with Crippen LogP contribution in [0, 0.1) is 17.5 Å². The predicted octanol–water partition coefficient (Wildman–Crippen LogP) is 4.82. The first kappa shape index (κ1) is 22.5. The third-order valence-electron chi connectivity index (χ3n) is 5.12. The average molecular weight is 475 g/mol. The topological polar surface area (TPSA) is 72.9 Å². The number of hydrogen-bond acceptors (Lipinski definition) is 6. The summed E-state index contributed by atoms with van der Waals surface area (Å²) in [4.78, 5) is 38.5. The quantitative estimate of drug-likeness (QED) is 0.391. The molecule has 0 saturated heterocycles. The number of ether oxygens (including phenoxy) is 2. The molecule has 2 heterocycles. The van der Waals surface area contributed by atoms with E-state index in [0.29, 0.717) is 10.5 Å². The fourth-order valence-electron chi connectivity index (χ4n) is 3.61. The van der Waals surface area contributed by atoms with E-state index in [4.69, 9.17) is 4.74 Å².